The summed E-state index contributed by atoms with van der Waals surface area (Å²) in [6.07, 6.45) is 5.53. The number of rotatable bonds is 5. The second kappa shape index (κ2) is 6.11. The molecule has 3 nitrogen and oxygen atoms in total. The van der Waals surface area contributed by atoms with E-state index in [0.717, 1.165) is 51.6 Å². The smallest absolute Gasteiger partial charge is 0.119 e. The third kappa shape index (κ3) is 4.39. The van der Waals surface area contributed by atoms with Crippen LogP contribution in [0.2, 0.25) is 0 Å². The van der Waals surface area contributed by atoms with E-state index in [2.05, 4.69) is 4.90 Å². The van der Waals surface area contributed by atoms with Gasteiger partial charge in [0.15, 0.2) is 0 Å². The lowest BCUT2D eigenvalue weighted by Gasteiger charge is -2.29. The maximum atomic E-state index is 10.1. The summed E-state index contributed by atoms with van der Waals surface area (Å²) >= 11 is 0. The lowest BCUT2D eigenvalue weighted by molar-refractivity contribution is -0.107. The summed E-state index contributed by atoms with van der Waals surface area (Å²) in [5, 5.41) is 9.26. The second-order valence-corrected chi connectivity index (χ2v) is 3.74. The first-order valence-electron chi connectivity index (χ1n) is 5.17. The van der Waals surface area contributed by atoms with Crippen LogP contribution in [0.5, 0.6) is 0 Å². The van der Waals surface area contributed by atoms with E-state index in [4.69, 9.17) is 0 Å². The number of aliphatic hydroxyl groups excluding tert-OH is 1. The predicted octanol–water partition coefficient (Wildman–Crippen LogP) is 0.812. The Morgan fingerprint density at radius 3 is 2.62 bits per heavy atom. The molecule has 1 fully saturated rings. The van der Waals surface area contributed by atoms with Crippen LogP contribution in [0, 0.1) is 0 Å². The maximum absolute atomic E-state index is 10.1. The van der Waals surface area contributed by atoms with Gasteiger partial charge >= 0.3 is 0 Å². The summed E-state index contributed by atoms with van der Waals surface area (Å²) in [7, 11) is 0. The molecule has 0 aromatic rings. The summed E-state index contributed by atoms with van der Waals surface area (Å²) in [5.41, 5.74) is 0. The number of nitrogens with zero attached hydrogens (tertiary/aromatic N) is 1. The molecule has 0 radical (unpaired) electrons. The molecule has 0 aromatic carbocycles. The third-order valence-corrected chi connectivity index (χ3v) is 2.60. The van der Waals surface area contributed by atoms with Crippen molar-refractivity contribution in [2.45, 2.75) is 38.2 Å². The van der Waals surface area contributed by atoms with Crippen LogP contribution in [0.4, 0.5) is 0 Å². The van der Waals surface area contributed by atoms with Crippen molar-refractivity contribution in [3.63, 3.8) is 0 Å². The molecule has 0 spiro atoms. The topological polar surface area (TPSA) is 40.5 Å². The van der Waals surface area contributed by atoms with E-state index < -0.39 is 0 Å². The first kappa shape index (κ1) is 10.7. The van der Waals surface area contributed by atoms with E-state index >= 15 is 0 Å². The molecule has 1 saturated heterocycles. The Labute approximate surface area is 79.7 Å². The summed E-state index contributed by atoms with van der Waals surface area (Å²) in [6, 6.07) is 0. The average molecular weight is 185 g/mol. The fourth-order valence-electron chi connectivity index (χ4n) is 1.71. The van der Waals surface area contributed by atoms with Gasteiger partial charge in [-0.25, -0.2) is 0 Å². The highest BCUT2D eigenvalue weighted by Gasteiger charge is 2.15. The van der Waals surface area contributed by atoms with Gasteiger partial charge in [0, 0.05) is 19.5 Å². The quantitative estimate of drug-likeness (QED) is 0.509. The predicted molar refractivity (Wildman–Crippen MR) is 51.6 cm³/mol. The van der Waals surface area contributed by atoms with E-state index in [1.54, 1.807) is 0 Å². The Morgan fingerprint density at radius 2 is 2.00 bits per heavy atom. The Kier molecular flexibility index (Phi) is 5.01. The normalized spacial score (nSPS) is 20.4. The van der Waals surface area contributed by atoms with Gasteiger partial charge in [0.2, 0.25) is 0 Å². The van der Waals surface area contributed by atoms with Crippen LogP contribution in [0.1, 0.15) is 32.1 Å². The van der Waals surface area contributed by atoms with Gasteiger partial charge in [-0.2, -0.15) is 0 Å². The van der Waals surface area contributed by atoms with E-state index in [9.17, 15) is 9.90 Å². The van der Waals surface area contributed by atoms with Crippen molar-refractivity contribution in [2.24, 2.45) is 0 Å². The van der Waals surface area contributed by atoms with Gasteiger partial charge in [-0.1, -0.05) is 0 Å². The molecule has 76 valence electrons. The summed E-state index contributed by atoms with van der Waals surface area (Å²) in [4.78, 5) is 12.4. The van der Waals surface area contributed by atoms with E-state index in [-0.39, 0.29) is 6.10 Å². The van der Waals surface area contributed by atoms with Crippen molar-refractivity contribution in [3.8, 4) is 0 Å². The molecule has 3 heteroatoms. The SMILES string of the molecule is O=CCCCCN1CCC(O)CC1. The number of unbranched alkanes of at least 4 members (excludes halogenated alkanes) is 2. The van der Waals surface area contributed by atoms with E-state index in [1.807, 2.05) is 0 Å². The number of hydrogen-bond donors (Lipinski definition) is 1. The Hall–Kier alpha value is -0.410. The molecular weight excluding hydrogens is 166 g/mol. The number of carbonyl (C=O) groups excluding carboxylic acids is 1. The zero-order valence-electron chi connectivity index (χ0n) is 8.11. The van der Waals surface area contributed by atoms with Crippen molar-refractivity contribution in [1.29, 1.82) is 0 Å². The van der Waals surface area contributed by atoms with Crippen molar-refractivity contribution < 1.29 is 9.90 Å². The molecule has 0 aliphatic carbocycles. The molecule has 0 saturated carbocycles. The van der Waals surface area contributed by atoms with Gasteiger partial charge in [-0.05, 0) is 32.2 Å². The Balaban J connectivity index is 1.99. The Morgan fingerprint density at radius 1 is 1.31 bits per heavy atom. The number of likely N-dealkylation sites (tertiary alicyclic amines) is 1. The van der Waals surface area contributed by atoms with E-state index in [1.165, 1.54) is 0 Å². The lowest BCUT2D eigenvalue weighted by Crippen LogP contribution is -2.36. The molecule has 0 amide bonds. The first-order chi connectivity index (χ1) is 6.33. The molecule has 1 rings (SSSR count). The summed E-state index contributed by atoms with van der Waals surface area (Å²) < 4.78 is 0. The number of aldehydes is 1. The Bertz CT molecular complexity index is 142. The second-order valence-electron chi connectivity index (χ2n) is 3.74. The molecule has 1 heterocycles. The van der Waals surface area contributed by atoms with Crippen LogP contribution in [0.25, 0.3) is 0 Å². The zero-order valence-corrected chi connectivity index (χ0v) is 8.11. The van der Waals surface area contributed by atoms with Crippen molar-refractivity contribution in [1.82, 2.24) is 4.90 Å². The molecule has 1 N–H and O–H groups in total. The van der Waals surface area contributed by atoms with Gasteiger partial charge in [-0.3, -0.25) is 0 Å². The number of piperidine rings is 1. The molecule has 1 aliphatic heterocycles. The fourth-order valence-corrected chi connectivity index (χ4v) is 1.71. The minimum atomic E-state index is -0.0776. The van der Waals surface area contributed by atoms with Gasteiger partial charge in [0.25, 0.3) is 0 Å². The maximum Gasteiger partial charge on any atom is 0.119 e. The van der Waals surface area contributed by atoms with Crippen molar-refractivity contribution >= 4 is 6.29 Å². The average Bonchev–Trinajstić information content (AvgIpc) is 2.15. The molecule has 0 atom stereocenters. The van der Waals surface area contributed by atoms with Crippen molar-refractivity contribution in [2.75, 3.05) is 19.6 Å². The molecule has 13 heavy (non-hydrogen) atoms. The highest BCUT2D eigenvalue weighted by Crippen LogP contribution is 2.10. The number of hydrogen-bond acceptors (Lipinski definition) is 3. The zero-order chi connectivity index (χ0) is 9.52. The summed E-state index contributed by atoms with van der Waals surface area (Å²) in [6.45, 7) is 3.12. The lowest BCUT2D eigenvalue weighted by atomic mass is 10.1. The molecule has 0 aromatic heterocycles. The fraction of sp³-hybridized carbons (Fsp3) is 0.900. The van der Waals surface area contributed by atoms with Crippen LogP contribution in [-0.4, -0.2) is 42.0 Å². The minimum absolute atomic E-state index is 0.0776. The highest BCUT2D eigenvalue weighted by atomic mass is 16.3. The van der Waals surface area contributed by atoms with Gasteiger partial charge < -0.3 is 14.8 Å². The van der Waals surface area contributed by atoms with Gasteiger partial charge in [0.1, 0.15) is 6.29 Å². The van der Waals surface area contributed by atoms with Crippen LogP contribution in [-0.2, 0) is 4.79 Å². The molecule has 1 aliphatic rings. The molecule has 0 bridgehead atoms. The highest BCUT2D eigenvalue weighted by molar-refractivity contribution is 5.48. The van der Waals surface area contributed by atoms with Gasteiger partial charge in [0.05, 0.1) is 6.10 Å². The van der Waals surface area contributed by atoms with Gasteiger partial charge in [-0.15, -0.1) is 0 Å². The number of aliphatic hydroxyl groups is 1. The monoisotopic (exact) mass is 185 g/mol. The van der Waals surface area contributed by atoms with Crippen LogP contribution < -0.4 is 0 Å². The minimum Gasteiger partial charge on any atom is -0.393 e. The summed E-state index contributed by atoms with van der Waals surface area (Å²) in [5.74, 6) is 0. The van der Waals surface area contributed by atoms with E-state index in [0.29, 0.717) is 6.42 Å². The first-order valence-corrected chi connectivity index (χ1v) is 5.17. The third-order valence-electron chi connectivity index (χ3n) is 2.60. The number of carbonyl (C=O) groups is 1. The van der Waals surface area contributed by atoms with Crippen LogP contribution in [0.3, 0.4) is 0 Å². The van der Waals surface area contributed by atoms with Crippen LogP contribution >= 0.6 is 0 Å². The van der Waals surface area contributed by atoms with Crippen molar-refractivity contribution in [3.05, 3.63) is 0 Å². The standard InChI is InChI=1S/C10H19NO2/c12-9-3-1-2-6-11-7-4-10(13)5-8-11/h9-10,13H,1-8H2. The molecule has 0 unspecified atom stereocenters. The largest absolute Gasteiger partial charge is 0.393 e. The molecular formula is C10H19NO2. The van der Waals surface area contributed by atoms with Crippen LogP contribution in [0.15, 0.2) is 0 Å².